The standard InChI is InChI=1S/C21H18N6O12/c28-7-1-13(34)25(14(35)2-8-29)19-22-20(26(15(36)3-9-30)16(37)4-10-31)24-21(23-19)27(17(38)5-11-32)18(39)6-12-33/h7-12H,1-6H2. The molecule has 39 heavy (non-hydrogen) atoms. The molecule has 1 heterocycles. The van der Waals surface area contributed by atoms with Gasteiger partial charge in [0.15, 0.2) is 0 Å². The van der Waals surface area contributed by atoms with Gasteiger partial charge in [-0.2, -0.15) is 15.0 Å². The van der Waals surface area contributed by atoms with Gasteiger partial charge >= 0.3 is 0 Å². The van der Waals surface area contributed by atoms with Gasteiger partial charge < -0.3 is 28.8 Å². The van der Waals surface area contributed by atoms with E-state index in [1.165, 1.54) is 0 Å². The summed E-state index contributed by atoms with van der Waals surface area (Å²) in [6, 6.07) is 0. The van der Waals surface area contributed by atoms with E-state index in [2.05, 4.69) is 15.0 Å². The number of amides is 6. The zero-order valence-corrected chi connectivity index (χ0v) is 19.8. The molecule has 6 amide bonds. The smallest absolute Gasteiger partial charge is 0.245 e. The number of carbonyl (C=O) groups excluding carboxylic acids is 12. The molecule has 0 saturated carbocycles. The normalized spacial score (nSPS) is 9.85. The van der Waals surface area contributed by atoms with Crippen molar-refractivity contribution < 1.29 is 57.5 Å². The van der Waals surface area contributed by atoms with Crippen molar-refractivity contribution in [1.82, 2.24) is 15.0 Å². The number of hydrogen-bond acceptors (Lipinski definition) is 15. The molecule has 1 aromatic rings. The molecule has 1 aromatic heterocycles. The summed E-state index contributed by atoms with van der Waals surface area (Å²) < 4.78 is 0. The SMILES string of the molecule is O=CCC(=O)N(C(=O)CC=O)c1nc(N(C(=O)CC=O)C(=O)CC=O)nc(N(C(=O)CC=O)C(=O)CC=O)n1. The van der Waals surface area contributed by atoms with Crippen LogP contribution in [0, 0.1) is 0 Å². The largest absolute Gasteiger partial charge is 0.303 e. The Morgan fingerprint density at radius 3 is 0.667 bits per heavy atom. The average molecular weight is 546 g/mol. The quantitative estimate of drug-likeness (QED) is 0.157. The van der Waals surface area contributed by atoms with E-state index in [9.17, 15) is 57.5 Å². The van der Waals surface area contributed by atoms with E-state index in [4.69, 9.17) is 0 Å². The van der Waals surface area contributed by atoms with E-state index >= 15 is 0 Å². The van der Waals surface area contributed by atoms with Gasteiger partial charge in [-0.3, -0.25) is 28.8 Å². The highest BCUT2D eigenvalue weighted by Gasteiger charge is 2.34. The summed E-state index contributed by atoms with van der Waals surface area (Å²) in [5.74, 6) is -11.4. The van der Waals surface area contributed by atoms with E-state index in [1.807, 2.05) is 0 Å². The highest BCUT2D eigenvalue weighted by Crippen LogP contribution is 2.23. The van der Waals surface area contributed by atoms with Crippen molar-refractivity contribution in [2.75, 3.05) is 14.7 Å². The molecule has 0 aliphatic heterocycles. The Bertz CT molecular complexity index is 1000. The van der Waals surface area contributed by atoms with Crippen molar-refractivity contribution in [3.8, 4) is 0 Å². The number of nitrogens with zero attached hydrogens (tertiary/aromatic N) is 6. The monoisotopic (exact) mass is 546 g/mol. The molecule has 0 N–H and O–H groups in total. The third kappa shape index (κ3) is 8.23. The van der Waals surface area contributed by atoms with Gasteiger partial charge in [0, 0.05) is 0 Å². The highest BCUT2D eigenvalue weighted by atomic mass is 16.2. The lowest BCUT2D eigenvalue weighted by Gasteiger charge is -2.24. The first-order valence-electron chi connectivity index (χ1n) is 10.6. The van der Waals surface area contributed by atoms with Crippen LogP contribution in [0.15, 0.2) is 0 Å². The summed E-state index contributed by atoms with van der Waals surface area (Å²) in [6.45, 7) is 0. The molecule has 0 aromatic carbocycles. The van der Waals surface area contributed by atoms with Gasteiger partial charge in [-0.25, -0.2) is 14.7 Å². The van der Waals surface area contributed by atoms with Crippen LogP contribution in [0.3, 0.4) is 0 Å². The molecule has 0 atom stereocenters. The van der Waals surface area contributed by atoms with Gasteiger partial charge in [0.2, 0.25) is 53.3 Å². The van der Waals surface area contributed by atoms with E-state index in [0.717, 1.165) is 0 Å². The van der Waals surface area contributed by atoms with Crippen LogP contribution >= 0.6 is 0 Å². The summed E-state index contributed by atoms with van der Waals surface area (Å²) in [7, 11) is 0. The first-order valence-corrected chi connectivity index (χ1v) is 10.6. The van der Waals surface area contributed by atoms with Crippen LogP contribution in [0.25, 0.3) is 0 Å². The lowest BCUT2D eigenvalue weighted by molar-refractivity contribution is -0.130. The predicted molar refractivity (Wildman–Crippen MR) is 121 cm³/mol. The minimum absolute atomic E-state index is 0.0522. The fourth-order valence-electron chi connectivity index (χ4n) is 2.71. The number of hydrogen-bond donors (Lipinski definition) is 0. The second-order valence-corrected chi connectivity index (χ2v) is 6.83. The lowest BCUT2D eigenvalue weighted by Crippen LogP contribution is -2.43. The van der Waals surface area contributed by atoms with E-state index in [-0.39, 0.29) is 52.4 Å². The highest BCUT2D eigenvalue weighted by molar-refractivity contribution is 6.21. The number of rotatable bonds is 15. The Morgan fingerprint density at radius 1 is 0.385 bits per heavy atom. The van der Waals surface area contributed by atoms with E-state index < -0.39 is 91.8 Å². The van der Waals surface area contributed by atoms with Crippen molar-refractivity contribution in [3.63, 3.8) is 0 Å². The Kier molecular flexibility index (Phi) is 12.5. The summed E-state index contributed by atoms with van der Waals surface area (Å²) in [5, 5.41) is 0. The molecule has 0 fully saturated rings. The van der Waals surface area contributed by atoms with E-state index in [0.29, 0.717) is 0 Å². The van der Waals surface area contributed by atoms with Gasteiger partial charge in [0.05, 0.1) is 38.5 Å². The summed E-state index contributed by atoms with van der Waals surface area (Å²) >= 11 is 0. The molecule has 0 aliphatic rings. The van der Waals surface area contributed by atoms with Crippen molar-refractivity contribution >= 4 is 91.0 Å². The Labute approximate surface area is 217 Å². The molecule has 0 spiro atoms. The fraction of sp³-hybridized carbons (Fsp3) is 0.286. The predicted octanol–water partition coefficient (Wildman–Crippen LogP) is -3.02. The van der Waals surface area contributed by atoms with Crippen LogP contribution < -0.4 is 14.7 Å². The van der Waals surface area contributed by atoms with Crippen molar-refractivity contribution in [2.45, 2.75) is 38.5 Å². The van der Waals surface area contributed by atoms with Gasteiger partial charge in [0.25, 0.3) is 0 Å². The molecule has 18 nitrogen and oxygen atoms in total. The fourth-order valence-corrected chi connectivity index (χ4v) is 2.71. The number of anilines is 3. The second kappa shape index (κ2) is 15.5. The van der Waals surface area contributed by atoms with Gasteiger partial charge in [-0.15, -0.1) is 0 Å². The zero-order chi connectivity index (χ0) is 29.5. The van der Waals surface area contributed by atoms with Crippen LogP contribution in [-0.4, -0.2) is 88.1 Å². The molecule has 0 bridgehead atoms. The number of carbonyl (C=O) groups is 12. The first kappa shape index (κ1) is 31.5. The van der Waals surface area contributed by atoms with E-state index in [1.54, 1.807) is 0 Å². The van der Waals surface area contributed by atoms with Crippen LogP contribution in [0.4, 0.5) is 17.8 Å². The molecule has 1 rings (SSSR count). The maximum atomic E-state index is 12.5. The van der Waals surface area contributed by atoms with Gasteiger partial charge in [-0.1, -0.05) is 0 Å². The molecule has 0 radical (unpaired) electrons. The summed E-state index contributed by atoms with van der Waals surface area (Å²) in [5.41, 5.74) is 0. The molecule has 0 unspecified atom stereocenters. The van der Waals surface area contributed by atoms with Crippen molar-refractivity contribution in [2.24, 2.45) is 0 Å². The zero-order valence-electron chi connectivity index (χ0n) is 19.8. The third-order valence-corrected chi connectivity index (χ3v) is 4.24. The molecule has 0 aliphatic carbocycles. The van der Waals surface area contributed by atoms with Crippen LogP contribution in [0.1, 0.15) is 38.5 Å². The van der Waals surface area contributed by atoms with Gasteiger partial charge in [-0.05, 0) is 0 Å². The van der Waals surface area contributed by atoms with Crippen LogP contribution in [0.5, 0.6) is 0 Å². The number of aromatic nitrogens is 3. The molecular formula is C21H18N6O12. The molecule has 0 saturated heterocycles. The molecule has 18 heteroatoms. The van der Waals surface area contributed by atoms with Crippen molar-refractivity contribution in [3.05, 3.63) is 0 Å². The second-order valence-electron chi connectivity index (χ2n) is 6.83. The third-order valence-electron chi connectivity index (χ3n) is 4.24. The Morgan fingerprint density at radius 2 is 0.538 bits per heavy atom. The van der Waals surface area contributed by atoms with Crippen LogP contribution in [-0.2, 0) is 57.5 Å². The average Bonchev–Trinajstić information content (AvgIpc) is 2.85. The minimum Gasteiger partial charge on any atom is -0.303 e. The topological polar surface area (TPSA) is 253 Å². The van der Waals surface area contributed by atoms with Gasteiger partial charge in [0.1, 0.15) is 37.7 Å². The summed E-state index contributed by atoms with van der Waals surface area (Å²) in [6.07, 6.45) is -5.47. The Hall–Kier alpha value is -5.55. The number of aldehydes is 6. The van der Waals surface area contributed by atoms with Crippen LogP contribution in [0.2, 0.25) is 0 Å². The molecule has 204 valence electrons. The molecular weight excluding hydrogens is 528 g/mol. The maximum absolute atomic E-state index is 12.5. The minimum atomic E-state index is -1.34. The van der Waals surface area contributed by atoms with Crippen molar-refractivity contribution in [1.29, 1.82) is 0 Å². The maximum Gasteiger partial charge on any atom is 0.245 e. The lowest BCUT2D eigenvalue weighted by atomic mass is 10.3. The number of imide groups is 3. The first-order chi connectivity index (χ1) is 18.6. The summed E-state index contributed by atoms with van der Waals surface area (Å²) in [4.78, 5) is 152. The Balaban J connectivity index is 4.14.